The van der Waals surface area contributed by atoms with Crippen molar-refractivity contribution in [3.05, 3.63) is 28.8 Å². The maximum atomic E-state index is 13.2. The fourth-order valence-electron chi connectivity index (χ4n) is 3.97. The molecular weight excluding hydrogens is 347 g/mol. The SMILES string of the molecule is CC(C)(C)c1cc(CP2(=O)OC3CCCCC3O2)cc(C(C)(C)C)c1O. The lowest BCUT2D eigenvalue weighted by Crippen LogP contribution is -2.25. The molecule has 5 heteroatoms. The molecule has 1 aromatic carbocycles. The van der Waals surface area contributed by atoms with Crippen LogP contribution in [-0.2, 0) is 30.6 Å². The summed E-state index contributed by atoms with van der Waals surface area (Å²) in [5.74, 6) is 0.342. The number of aromatic hydroxyl groups is 1. The third-order valence-corrected chi connectivity index (χ3v) is 7.33. The molecule has 0 radical (unpaired) electrons. The van der Waals surface area contributed by atoms with Gasteiger partial charge in [-0.2, -0.15) is 0 Å². The van der Waals surface area contributed by atoms with E-state index in [2.05, 4.69) is 41.5 Å². The standard InChI is InChI=1S/C21H33O4P/c1-20(2,3)15-11-14(12-16(19(15)22)21(4,5)6)13-26(23)24-17-9-7-8-10-18(17)25-26/h11-12,17-18,22H,7-10,13H2,1-6H3. The van der Waals surface area contributed by atoms with Crippen molar-refractivity contribution in [3.8, 4) is 5.75 Å². The first-order valence-corrected chi connectivity index (χ1v) is 11.4. The summed E-state index contributed by atoms with van der Waals surface area (Å²) < 4.78 is 25.1. The molecule has 1 aliphatic carbocycles. The second-order valence-electron chi connectivity index (χ2n) is 9.88. The van der Waals surface area contributed by atoms with Crippen LogP contribution in [0, 0.1) is 0 Å². The van der Waals surface area contributed by atoms with Gasteiger partial charge in [-0.1, -0.05) is 66.5 Å². The van der Waals surface area contributed by atoms with Crippen LogP contribution < -0.4 is 0 Å². The van der Waals surface area contributed by atoms with E-state index in [1.54, 1.807) is 0 Å². The van der Waals surface area contributed by atoms with Gasteiger partial charge in [0.2, 0.25) is 0 Å². The van der Waals surface area contributed by atoms with Crippen LogP contribution in [-0.4, -0.2) is 17.3 Å². The van der Waals surface area contributed by atoms with Crippen molar-refractivity contribution in [3.63, 3.8) is 0 Å². The topological polar surface area (TPSA) is 55.8 Å². The molecule has 26 heavy (non-hydrogen) atoms. The van der Waals surface area contributed by atoms with Crippen molar-refractivity contribution in [2.45, 2.75) is 96.4 Å². The van der Waals surface area contributed by atoms with E-state index in [-0.39, 0.29) is 29.2 Å². The number of phenols is 1. The first-order chi connectivity index (χ1) is 11.9. The molecule has 1 heterocycles. The van der Waals surface area contributed by atoms with Crippen molar-refractivity contribution in [1.82, 2.24) is 0 Å². The van der Waals surface area contributed by atoms with Gasteiger partial charge in [-0.15, -0.1) is 0 Å². The fourth-order valence-corrected chi connectivity index (χ4v) is 6.10. The predicted octanol–water partition coefficient (Wildman–Crippen LogP) is 6.04. The van der Waals surface area contributed by atoms with E-state index in [4.69, 9.17) is 9.05 Å². The van der Waals surface area contributed by atoms with E-state index >= 15 is 0 Å². The predicted molar refractivity (Wildman–Crippen MR) is 105 cm³/mol. The van der Waals surface area contributed by atoms with Gasteiger partial charge in [-0.05, 0) is 40.4 Å². The number of benzene rings is 1. The zero-order valence-electron chi connectivity index (χ0n) is 17.0. The monoisotopic (exact) mass is 380 g/mol. The Balaban J connectivity index is 1.96. The van der Waals surface area contributed by atoms with Gasteiger partial charge < -0.3 is 14.2 Å². The second-order valence-corrected chi connectivity index (χ2v) is 11.8. The van der Waals surface area contributed by atoms with Gasteiger partial charge in [0, 0.05) is 0 Å². The van der Waals surface area contributed by atoms with Crippen LogP contribution in [0.3, 0.4) is 0 Å². The molecule has 1 saturated heterocycles. The summed E-state index contributed by atoms with van der Waals surface area (Å²) in [6, 6.07) is 3.94. The van der Waals surface area contributed by atoms with E-state index in [0.717, 1.165) is 42.4 Å². The molecule has 0 aromatic heterocycles. The van der Waals surface area contributed by atoms with Crippen molar-refractivity contribution in [2.75, 3.05) is 0 Å². The smallest absolute Gasteiger partial charge is 0.335 e. The summed E-state index contributed by atoms with van der Waals surface area (Å²) in [6.07, 6.45) is 4.34. The van der Waals surface area contributed by atoms with Crippen LogP contribution in [0.15, 0.2) is 12.1 Å². The molecule has 146 valence electrons. The molecule has 1 N–H and O–H groups in total. The summed E-state index contributed by atoms with van der Waals surface area (Å²) in [5.41, 5.74) is 2.26. The number of fused-ring (bicyclic) bond motifs is 1. The lowest BCUT2D eigenvalue weighted by molar-refractivity contribution is 0.110. The Kier molecular flexibility index (Phi) is 5.10. The Morgan fingerprint density at radius 2 is 1.38 bits per heavy atom. The van der Waals surface area contributed by atoms with Gasteiger partial charge in [0.05, 0.1) is 18.4 Å². The van der Waals surface area contributed by atoms with Gasteiger partial charge in [-0.25, -0.2) is 0 Å². The molecule has 0 spiro atoms. The fraction of sp³-hybridized carbons (Fsp3) is 0.714. The van der Waals surface area contributed by atoms with Crippen molar-refractivity contribution in [1.29, 1.82) is 0 Å². The average molecular weight is 380 g/mol. The van der Waals surface area contributed by atoms with Gasteiger partial charge in [-0.3, -0.25) is 4.57 Å². The molecule has 2 atom stereocenters. The largest absolute Gasteiger partial charge is 0.507 e. The highest BCUT2D eigenvalue weighted by atomic mass is 31.2. The number of hydrogen-bond donors (Lipinski definition) is 1. The van der Waals surface area contributed by atoms with Crippen LogP contribution >= 0.6 is 7.60 Å². The average Bonchev–Trinajstić information content (AvgIpc) is 2.82. The lowest BCUT2D eigenvalue weighted by Gasteiger charge is -2.28. The van der Waals surface area contributed by atoms with E-state index < -0.39 is 7.60 Å². The maximum absolute atomic E-state index is 13.2. The Morgan fingerprint density at radius 3 is 1.77 bits per heavy atom. The first-order valence-electron chi connectivity index (χ1n) is 9.72. The van der Waals surface area contributed by atoms with Crippen LogP contribution in [0.1, 0.15) is 83.9 Å². The highest BCUT2D eigenvalue weighted by molar-refractivity contribution is 7.53. The van der Waals surface area contributed by atoms with Crippen molar-refractivity contribution in [2.24, 2.45) is 0 Å². The highest BCUT2D eigenvalue weighted by Gasteiger charge is 2.45. The normalized spacial score (nSPS) is 29.6. The summed E-state index contributed by atoms with van der Waals surface area (Å²) in [7, 11) is -3.14. The molecule has 3 rings (SSSR count). The Hall–Kier alpha value is -0.830. The number of phenolic OH excluding ortho intramolecular Hbond substituents is 1. The molecule has 0 bridgehead atoms. The van der Waals surface area contributed by atoms with Gasteiger partial charge in [0.15, 0.2) is 0 Å². The third-order valence-electron chi connectivity index (χ3n) is 5.40. The highest BCUT2D eigenvalue weighted by Crippen LogP contribution is 2.61. The first kappa shape index (κ1) is 19.9. The van der Waals surface area contributed by atoms with Crippen LogP contribution in [0.2, 0.25) is 0 Å². The molecule has 2 aliphatic rings. The molecule has 2 unspecified atom stereocenters. The lowest BCUT2D eigenvalue weighted by atomic mass is 9.78. The van der Waals surface area contributed by atoms with Gasteiger partial charge >= 0.3 is 7.60 Å². The van der Waals surface area contributed by atoms with E-state index in [1.165, 1.54) is 0 Å². The summed E-state index contributed by atoms with van der Waals surface area (Å²) in [4.78, 5) is 0. The molecule has 2 fully saturated rings. The summed E-state index contributed by atoms with van der Waals surface area (Å²) in [6.45, 7) is 12.5. The third kappa shape index (κ3) is 4.03. The quantitative estimate of drug-likeness (QED) is 0.636. The summed E-state index contributed by atoms with van der Waals surface area (Å²) >= 11 is 0. The Morgan fingerprint density at radius 1 is 0.962 bits per heavy atom. The van der Waals surface area contributed by atoms with Crippen LogP contribution in [0.5, 0.6) is 5.75 Å². The van der Waals surface area contributed by atoms with Gasteiger partial charge in [0.1, 0.15) is 5.75 Å². The van der Waals surface area contributed by atoms with Crippen LogP contribution in [0.4, 0.5) is 0 Å². The zero-order chi connectivity index (χ0) is 19.3. The van der Waals surface area contributed by atoms with Crippen LogP contribution in [0.25, 0.3) is 0 Å². The molecule has 4 nitrogen and oxygen atoms in total. The number of hydrogen-bond acceptors (Lipinski definition) is 4. The number of rotatable bonds is 2. The zero-order valence-corrected chi connectivity index (χ0v) is 17.9. The van der Waals surface area contributed by atoms with E-state index in [9.17, 15) is 9.67 Å². The maximum Gasteiger partial charge on any atom is 0.335 e. The van der Waals surface area contributed by atoms with Crippen molar-refractivity contribution < 1.29 is 18.7 Å². The molecular formula is C21H33O4P. The molecule has 1 aromatic rings. The Labute approximate surface area is 157 Å². The van der Waals surface area contributed by atoms with Gasteiger partial charge in [0.25, 0.3) is 0 Å². The second kappa shape index (κ2) is 6.65. The summed E-state index contributed by atoms with van der Waals surface area (Å²) in [5, 5.41) is 10.8. The molecule has 1 saturated carbocycles. The molecule has 0 amide bonds. The van der Waals surface area contributed by atoms with E-state index in [0.29, 0.717) is 5.75 Å². The molecule has 1 aliphatic heterocycles. The Bertz CT molecular complexity index is 674. The minimum atomic E-state index is -3.14. The van der Waals surface area contributed by atoms with Crippen molar-refractivity contribution >= 4 is 7.60 Å². The minimum absolute atomic E-state index is 0.0177. The van der Waals surface area contributed by atoms with E-state index in [1.807, 2.05) is 12.1 Å². The minimum Gasteiger partial charge on any atom is -0.507 e.